The monoisotopic (exact) mass is 415 g/mol. The van der Waals surface area contributed by atoms with Crippen LogP contribution in [0.15, 0.2) is 23.1 Å². The van der Waals surface area contributed by atoms with Gasteiger partial charge in [-0.15, -0.1) is 0 Å². The predicted molar refractivity (Wildman–Crippen MR) is 123 cm³/mol. The first-order valence-electron chi connectivity index (χ1n) is 11.5. The summed E-state index contributed by atoms with van der Waals surface area (Å²) in [5, 5.41) is 0.448. The van der Waals surface area contributed by atoms with Crippen molar-refractivity contribution in [1.82, 2.24) is 4.98 Å². The first-order valence-corrected chi connectivity index (χ1v) is 11.5. The number of ether oxygens (including phenoxy) is 2. The Kier molecular flexibility index (Phi) is 10.5. The molecule has 2 rings (SSSR count). The molecule has 0 unspecified atom stereocenters. The summed E-state index contributed by atoms with van der Waals surface area (Å²) in [6.45, 7) is 6.80. The number of rotatable bonds is 14. The van der Waals surface area contributed by atoms with Crippen LogP contribution in [0.2, 0.25) is 0 Å². The maximum Gasteiger partial charge on any atom is 0.343 e. The molecule has 0 saturated heterocycles. The third-order valence-corrected chi connectivity index (χ3v) is 5.43. The molecule has 0 radical (unpaired) electrons. The van der Waals surface area contributed by atoms with Gasteiger partial charge in [0.05, 0.1) is 18.6 Å². The number of H-pyrrole nitrogens is 1. The molecule has 1 N–H and O–H groups in total. The third kappa shape index (κ3) is 7.19. The number of aryl methyl sites for hydroxylation is 1. The SMILES string of the molecule is CCCCCCCCCCCCOc1cc2c(=O)c(C(=O)OCC)c[nH]c2cc1C. The van der Waals surface area contributed by atoms with E-state index in [1.807, 2.05) is 13.0 Å². The average Bonchev–Trinajstić information content (AvgIpc) is 2.73. The molecule has 1 aromatic carbocycles. The zero-order chi connectivity index (χ0) is 21.8. The van der Waals surface area contributed by atoms with Crippen molar-refractivity contribution < 1.29 is 14.3 Å². The predicted octanol–water partition coefficient (Wildman–Crippen LogP) is 6.31. The number of carbonyl (C=O) groups excluding carboxylic acids is 1. The van der Waals surface area contributed by atoms with Crippen LogP contribution in [-0.4, -0.2) is 24.2 Å². The Balaban J connectivity index is 1.83. The molecule has 0 bridgehead atoms. The van der Waals surface area contributed by atoms with Crippen molar-refractivity contribution in [3.63, 3.8) is 0 Å². The van der Waals surface area contributed by atoms with Crippen LogP contribution in [0.25, 0.3) is 10.9 Å². The fourth-order valence-corrected chi connectivity index (χ4v) is 3.64. The van der Waals surface area contributed by atoms with E-state index >= 15 is 0 Å². The number of aromatic amines is 1. The van der Waals surface area contributed by atoms with Crippen molar-refractivity contribution in [2.75, 3.05) is 13.2 Å². The van der Waals surface area contributed by atoms with Crippen LogP contribution >= 0.6 is 0 Å². The van der Waals surface area contributed by atoms with Gasteiger partial charge in [-0.1, -0.05) is 64.7 Å². The Labute approximate surface area is 180 Å². The molecule has 0 aliphatic carbocycles. The van der Waals surface area contributed by atoms with Gasteiger partial charge in [0.1, 0.15) is 11.3 Å². The number of carbonyl (C=O) groups is 1. The highest BCUT2D eigenvalue weighted by molar-refractivity contribution is 5.94. The highest BCUT2D eigenvalue weighted by Gasteiger charge is 2.15. The molecular formula is C25H37NO4. The number of aromatic nitrogens is 1. The zero-order valence-corrected chi connectivity index (χ0v) is 18.9. The lowest BCUT2D eigenvalue weighted by atomic mass is 10.1. The number of pyridine rings is 1. The van der Waals surface area contributed by atoms with Crippen LogP contribution < -0.4 is 10.2 Å². The second kappa shape index (κ2) is 13.1. The molecule has 0 saturated carbocycles. The Morgan fingerprint density at radius 3 is 2.20 bits per heavy atom. The van der Waals surface area contributed by atoms with E-state index in [9.17, 15) is 9.59 Å². The molecule has 166 valence electrons. The smallest absolute Gasteiger partial charge is 0.343 e. The van der Waals surface area contributed by atoms with Gasteiger partial charge in [-0.3, -0.25) is 4.79 Å². The van der Waals surface area contributed by atoms with Crippen molar-refractivity contribution in [2.45, 2.75) is 85.0 Å². The number of benzene rings is 1. The van der Waals surface area contributed by atoms with Crippen LogP contribution in [0.3, 0.4) is 0 Å². The van der Waals surface area contributed by atoms with Crippen molar-refractivity contribution in [1.29, 1.82) is 0 Å². The summed E-state index contributed by atoms with van der Waals surface area (Å²) in [5.41, 5.74) is 1.35. The van der Waals surface area contributed by atoms with E-state index in [2.05, 4.69) is 11.9 Å². The molecule has 0 spiro atoms. The molecule has 1 heterocycles. The van der Waals surface area contributed by atoms with E-state index in [0.717, 1.165) is 18.4 Å². The first-order chi connectivity index (χ1) is 14.6. The molecule has 5 nitrogen and oxygen atoms in total. The zero-order valence-electron chi connectivity index (χ0n) is 18.9. The number of nitrogens with one attached hydrogen (secondary N) is 1. The van der Waals surface area contributed by atoms with Gasteiger partial charge in [-0.2, -0.15) is 0 Å². The molecule has 0 amide bonds. The highest BCUT2D eigenvalue weighted by atomic mass is 16.5. The minimum Gasteiger partial charge on any atom is -0.493 e. The van der Waals surface area contributed by atoms with E-state index in [1.54, 1.807) is 13.0 Å². The van der Waals surface area contributed by atoms with Gasteiger partial charge < -0.3 is 14.5 Å². The lowest BCUT2D eigenvalue weighted by molar-refractivity contribution is 0.0524. The van der Waals surface area contributed by atoms with Gasteiger partial charge in [0, 0.05) is 11.7 Å². The summed E-state index contributed by atoms with van der Waals surface area (Å²) in [5.74, 6) is 0.0963. The number of hydrogen-bond donors (Lipinski definition) is 1. The molecule has 2 aromatic rings. The Morgan fingerprint density at radius 1 is 0.933 bits per heavy atom. The highest BCUT2D eigenvalue weighted by Crippen LogP contribution is 2.23. The van der Waals surface area contributed by atoms with E-state index in [4.69, 9.17) is 9.47 Å². The summed E-state index contributed by atoms with van der Waals surface area (Å²) >= 11 is 0. The minimum absolute atomic E-state index is 0.0221. The summed E-state index contributed by atoms with van der Waals surface area (Å²) in [4.78, 5) is 27.7. The Bertz CT molecular complexity index is 856. The largest absolute Gasteiger partial charge is 0.493 e. The van der Waals surface area contributed by atoms with Crippen LogP contribution in [-0.2, 0) is 4.74 Å². The fraction of sp³-hybridized carbons (Fsp3) is 0.600. The van der Waals surface area contributed by atoms with E-state index in [1.165, 1.54) is 57.6 Å². The summed E-state index contributed by atoms with van der Waals surface area (Å²) in [6, 6.07) is 3.63. The second-order valence-electron chi connectivity index (χ2n) is 7.95. The van der Waals surface area contributed by atoms with Crippen LogP contribution in [0.5, 0.6) is 5.75 Å². The quantitative estimate of drug-likeness (QED) is 0.290. The molecule has 0 aliphatic rings. The third-order valence-electron chi connectivity index (χ3n) is 5.43. The standard InChI is InChI=1S/C25H37NO4/c1-4-6-7-8-9-10-11-12-13-14-15-30-23-17-20-22(16-19(23)3)26-18-21(24(20)27)25(28)29-5-2/h16-18H,4-15H2,1-3H3,(H,26,27). The molecule has 0 fully saturated rings. The Hall–Kier alpha value is -2.30. The summed E-state index contributed by atoms with van der Waals surface area (Å²) < 4.78 is 10.9. The van der Waals surface area contributed by atoms with Gasteiger partial charge in [0.2, 0.25) is 5.43 Å². The number of unbranched alkanes of at least 4 members (excludes halogenated alkanes) is 9. The van der Waals surface area contributed by atoms with Gasteiger partial charge in [-0.25, -0.2) is 4.79 Å². The number of esters is 1. The van der Waals surface area contributed by atoms with E-state index < -0.39 is 5.97 Å². The van der Waals surface area contributed by atoms with Crippen molar-refractivity contribution in [3.05, 3.63) is 39.7 Å². The molecule has 0 atom stereocenters. The molecule has 5 heteroatoms. The molecular weight excluding hydrogens is 378 g/mol. The average molecular weight is 416 g/mol. The first kappa shape index (κ1) is 24.0. The molecule has 30 heavy (non-hydrogen) atoms. The molecule has 1 aromatic heterocycles. The van der Waals surface area contributed by atoms with Crippen molar-refractivity contribution in [3.8, 4) is 5.75 Å². The van der Waals surface area contributed by atoms with Crippen molar-refractivity contribution in [2.24, 2.45) is 0 Å². The van der Waals surface area contributed by atoms with Crippen LogP contribution in [0.1, 0.15) is 94.0 Å². The lowest BCUT2D eigenvalue weighted by Gasteiger charge is -2.11. The lowest BCUT2D eigenvalue weighted by Crippen LogP contribution is -2.18. The van der Waals surface area contributed by atoms with Crippen LogP contribution in [0.4, 0.5) is 0 Å². The van der Waals surface area contributed by atoms with Crippen molar-refractivity contribution >= 4 is 16.9 Å². The number of fused-ring (bicyclic) bond motifs is 1. The van der Waals surface area contributed by atoms with Gasteiger partial charge >= 0.3 is 5.97 Å². The Morgan fingerprint density at radius 2 is 1.57 bits per heavy atom. The normalized spacial score (nSPS) is 11.0. The number of hydrogen-bond acceptors (Lipinski definition) is 4. The van der Waals surface area contributed by atoms with Crippen LogP contribution in [0, 0.1) is 6.92 Å². The van der Waals surface area contributed by atoms with E-state index in [-0.39, 0.29) is 17.6 Å². The maximum atomic E-state index is 12.7. The fourth-order valence-electron chi connectivity index (χ4n) is 3.64. The summed E-state index contributed by atoms with van der Waals surface area (Å²) in [7, 11) is 0. The maximum absolute atomic E-state index is 12.7. The van der Waals surface area contributed by atoms with Gasteiger partial charge in [0.25, 0.3) is 0 Å². The van der Waals surface area contributed by atoms with E-state index in [0.29, 0.717) is 23.3 Å². The van der Waals surface area contributed by atoms with Gasteiger partial charge in [-0.05, 0) is 38.0 Å². The van der Waals surface area contributed by atoms with Gasteiger partial charge in [0.15, 0.2) is 0 Å². The summed E-state index contributed by atoms with van der Waals surface area (Å²) in [6.07, 6.45) is 14.2. The molecule has 0 aliphatic heterocycles. The minimum atomic E-state index is -0.603. The second-order valence-corrected chi connectivity index (χ2v) is 7.95. The topological polar surface area (TPSA) is 68.4 Å².